The molecule has 5 N–H and O–H groups in total. The van der Waals surface area contributed by atoms with Crippen LogP contribution in [0.5, 0.6) is 11.5 Å². The number of aromatic nitrogens is 2. The van der Waals surface area contributed by atoms with Crippen molar-refractivity contribution in [2.75, 3.05) is 63.6 Å². The van der Waals surface area contributed by atoms with Gasteiger partial charge >= 0.3 is 0 Å². The van der Waals surface area contributed by atoms with Crippen molar-refractivity contribution in [3.05, 3.63) is 59.3 Å². The van der Waals surface area contributed by atoms with Crippen molar-refractivity contribution in [3.63, 3.8) is 0 Å². The lowest BCUT2D eigenvalue weighted by molar-refractivity contribution is 0.0805. The fourth-order valence-electron chi connectivity index (χ4n) is 5.96. The number of benzene rings is 2. The summed E-state index contributed by atoms with van der Waals surface area (Å²) in [6.07, 6.45) is 5.43. The third-order valence-electron chi connectivity index (χ3n) is 8.10. The van der Waals surface area contributed by atoms with E-state index in [1.165, 1.54) is 17.3 Å². The number of aliphatic hydroxyl groups is 1. The molecule has 1 saturated heterocycles. The number of methoxy groups -OCH3 is 1. The topological polar surface area (TPSA) is 135 Å². The van der Waals surface area contributed by atoms with Crippen molar-refractivity contribution in [3.8, 4) is 11.5 Å². The van der Waals surface area contributed by atoms with Crippen LogP contribution in [0.25, 0.3) is 0 Å². The van der Waals surface area contributed by atoms with Gasteiger partial charge in [-0.25, -0.2) is 4.98 Å². The second-order valence-corrected chi connectivity index (χ2v) is 10.7. The van der Waals surface area contributed by atoms with Crippen LogP contribution < -0.4 is 20.7 Å². The Morgan fingerprint density at radius 1 is 1.10 bits per heavy atom. The number of nitrogens with one attached hydrogen (secondary N) is 3. The van der Waals surface area contributed by atoms with Gasteiger partial charge in [0.05, 0.1) is 36.9 Å². The molecule has 1 aromatic heterocycles. The van der Waals surface area contributed by atoms with Crippen LogP contribution in [-0.4, -0.2) is 94.9 Å². The molecule has 5 rings (SSSR count). The molecule has 0 bridgehead atoms. The van der Waals surface area contributed by atoms with E-state index in [4.69, 9.17) is 4.74 Å². The van der Waals surface area contributed by atoms with Crippen LogP contribution in [-0.2, 0) is 12.8 Å². The number of rotatable bonds is 10. The summed E-state index contributed by atoms with van der Waals surface area (Å²) in [5.41, 5.74) is 4.23. The maximum absolute atomic E-state index is 12.5. The van der Waals surface area contributed by atoms with E-state index in [-0.39, 0.29) is 30.0 Å². The quantitative estimate of drug-likeness (QED) is 0.229. The van der Waals surface area contributed by atoms with E-state index in [0.717, 1.165) is 69.8 Å². The van der Waals surface area contributed by atoms with Crippen LogP contribution in [0.4, 0.5) is 23.1 Å². The summed E-state index contributed by atoms with van der Waals surface area (Å²) in [5, 5.41) is 28.9. The monoisotopic (exact) mass is 575 g/mol. The van der Waals surface area contributed by atoms with Gasteiger partial charge in [-0.15, -0.1) is 0 Å². The number of amides is 1. The zero-order valence-electron chi connectivity index (χ0n) is 24.4. The minimum Gasteiger partial charge on any atom is -0.503 e. The predicted molar refractivity (Wildman–Crippen MR) is 163 cm³/mol. The highest BCUT2D eigenvalue weighted by Crippen LogP contribution is 2.38. The first-order valence-corrected chi connectivity index (χ1v) is 14.7. The molecule has 1 atom stereocenters. The van der Waals surface area contributed by atoms with E-state index in [1.807, 2.05) is 19.1 Å². The van der Waals surface area contributed by atoms with Gasteiger partial charge in [0.2, 0.25) is 5.95 Å². The maximum Gasteiger partial charge on any atom is 0.253 e. The van der Waals surface area contributed by atoms with Gasteiger partial charge in [0.15, 0.2) is 11.6 Å². The molecule has 0 radical (unpaired) electrons. The number of aromatic hydroxyl groups is 1. The average molecular weight is 576 g/mol. The number of nitrogens with zero attached hydrogens (tertiary/aromatic N) is 4. The molecule has 1 aliphatic heterocycles. The summed E-state index contributed by atoms with van der Waals surface area (Å²) in [5.74, 6) is 0.904. The smallest absolute Gasteiger partial charge is 0.253 e. The molecular weight excluding hydrogens is 534 g/mol. The fraction of sp³-hybridized carbons (Fsp3) is 0.452. The number of aliphatic hydroxyl groups excluding tert-OH is 1. The van der Waals surface area contributed by atoms with Crippen LogP contribution in [0.3, 0.4) is 0 Å². The minimum absolute atomic E-state index is 0.136. The molecular formula is C31H41N7O4. The lowest BCUT2D eigenvalue weighted by atomic mass is 9.98. The highest BCUT2D eigenvalue weighted by molar-refractivity contribution is 6.00. The number of hydrogen-bond acceptors (Lipinski definition) is 10. The number of carbonyl (C=O) groups excluding carboxylic acids is 1. The second-order valence-electron chi connectivity index (χ2n) is 10.7. The zero-order chi connectivity index (χ0) is 29.5. The minimum atomic E-state index is -0.214. The third kappa shape index (κ3) is 6.75. The molecule has 2 aromatic carbocycles. The number of piperazine rings is 1. The van der Waals surface area contributed by atoms with Crippen molar-refractivity contribution in [2.45, 2.75) is 38.6 Å². The Kier molecular flexibility index (Phi) is 9.73. The van der Waals surface area contributed by atoms with E-state index >= 15 is 0 Å². The molecule has 11 heteroatoms. The van der Waals surface area contributed by atoms with Crippen LogP contribution in [0.2, 0.25) is 0 Å². The SMILES string of the molecule is CCNC(=O)c1ccccc1Nc1nc(Nc2ccc3c(c2OC)CCCC(N2CCN(CCO)CC2)C3)ncc1O. The summed E-state index contributed by atoms with van der Waals surface area (Å²) in [6, 6.07) is 11.7. The zero-order valence-corrected chi connectivity index (χ0v) is 24.4. The van der Waals surface area contributed by atoms with E-state index in [0.29, 0.717) is 23.8 Å². The Labute approximate surface area is 246 Å². The Morgan fingerprint density at radius 3 is 2.67 bits per heavy atom. The first-order chi connectivity index (χ1) is 20.5. The van der Waals surface area contributed by atoms with Gasteiger partial charge in [-0.1, -0.05) is 18.2 Å². The van der Waals surface area contributed by atoms with Crippen LogP contribution >= 0.6 is 0 Å². The largest absolute Gasteiger partial charge is 0.503 e. The summed E-state index contributed by atoms with van der Waals surface area (Å²) >= 11 is 0. The first kappa shape index (κ1) is 29.6. The van der Waals surface area contributed by atoms with E-state index in [1.54, 1.807) is 25.3 Å². The summed E-state index contributed by atoms with van der Waals surface area (Å²) in [4.78, 5) is 26.3. The van der Waals surface area contributed by atoms with E-state index < -0.39 is 0 Å². The number of β-amino-alcohol motifs (C(OH)–C–C–N with tert-alkyl or cyclic N) is 1. The summed E-state index contributed by atoms with van der Waals surface area (Å²) in [7, 11) is 1.69. The molecule has 1 unspecified atom stereocenters. The molecule has 11 nitrogen and oxygen atoms in total. The van der Waals surface area contributed by atoms with Crippen molar-refractivity contribution < 1.29 is 19.7 Å². The van der Waals surface area contributed by atoms with Crippen molar-refractivity contribution in [2.24, 2.45) is 0 Å². The lowest BCUT2D eigenvalue weighted by Gasteiger charge is -2.39. The Bertz CT molecular complexity index is 1380. The molecule has 42 heavy (non-hydrogen) atoms. The van der Waals surface area contributed by atoms with Gasteiger partial charge in [-0.2, -0.15) is 4.98 Å². The van der Waals surface area contributed by atoms with Crippen LogP contribution in [0, 0.1) is 0 Å². The third-order valence-corrected chi connectivity index (χ3v) is 8.10. The molecule has 0 saturated carbocycles. The number of fused-ring (bicyclic) bond motifs is 1. The molecule has 224 valence electrons. The maximum atomic E-state index is 12.5. The molecule has 2 aliphatic rings. The molecule has 1 fully saturated rings. The van der Waals surface area contributed by atoms with E-state index in [2.05, 4.69) is 41.8 Å². The average Bonchev–Trinajstić information content (AvgIpc) is 3.22. The van der Waals surface area contributed by atoms with Crippen molar-refractivity contribution in [1.82, 2.24) is 25.1 Å². The predicted octanol–water partition coefficient (Wildman–Crippen LogP) is 3.29. The molecule has 1 amide bonds. The summed E-state index contributed by atoms with van der Waals surface area (Å²) in [6.45, 7) is 7.38. The van der Waals surface area contributed by atoms with Crippen LogP contribution in [0.1, 0.15) is 41.3 Å². The van der Waals surface area contributed by atoms with Gasteiger partial charge in [-0.05, 0) is 61.9 Å². The Balaban J connectivity index is 1.33. The van der Waals surface area contributed by atoms with Gasteiger partial charge in [-0.3, -0.25) is 14.6 Å². The standard InChI is InChI=1S/C31H41N7O4/c1-3-32-30(41)24-8-4-5-10-25(24)34-29-27(40)20-33-31(36-29)35-26-12-11-21-19-22(7-6-9-23(21)28(26)42-2)38-15-13-37(14-16-38)17-18-39/h4-5,8,10-12,20,22,39-40H,3,6-7,9,13-19H2,1-2H3,(H,32,41)(H2,33,34,35,36). The van der Waals surface area contributed by atoms with Crippen molar-refractivity contribution in [1.29, 1.82) is 0 Å². The highest BCUT2D eigenvalue weighted by atomic mass is 16.5. The van der Waals surface area contributed by atoms with Gasteiger partial charge in [0.1, 0.15) is 5.75 Å². The summed E-state index contributed by atoms with van der Waals surface area (Å²) < 4.78 is 5.94. The highest BCUT2D eigenvalue weighted by Gasteiger charge is 2.28. The lowest BCUT2D eigenvalue weighted by Crippen LogP contribution is -2.51. The molecule has 1 aliphatic carbocycles. The van der Waals surface area contributed by atoms with Gasteiger partial charge in [0, 0.05) is 45.3 Å². The Hall–Kier alpha value is -3.93. The molecule has 2 heterocycles. The molecule has 3 aromatic rings. The number of ether oxygens (including phenoxy) is 1. The first-order valence-electron chi connectivity index (χ1n) is 14.7. The number of hydrogen-bond donors (Lipinski definition) is 5. The fourth-order valence-corrected chi connectivity index (χ4v) is 5.96. The van der Waals surface area contributed by atoms with Gasteiger partial charge < -0.3 is 30.9 Å². The number of para-hydroxylation sites is 1. The van der Waals surface area contributed by atoms with Gasteiger partial charge in [0.25, 0.3) is 5.91 Å². The number of anilines is 4. The normalized spacial score (nSPS) is 17.6. The number of carbonyl (C=O) groups is 1. The Morgan fingerprint density at radius 2 is 1.90 bits per heavy atom. The van der Waals surface area contributed by atoms with Crippen LogP contribution in [0.15, 0.2) is 42.6 Å². The van der Waals surface area contributed by atoms with E-state index in [9.17, 15) is 15.0 Å². The van der Waals surface area contributed by atoms with Crippen molar-refractivity contribution >= 4 is 29.0 Å². The molecule has 0 spiro atoms. The second kappa shape index (κ2) is 13.8.